The van der Waals surface area contributed by atoms with Crippen LogP contribution in [0.25, 0.3) is 0 Å². The van der Waals surface area contributed by atoms with E-state index in [2.05, 4.69) is 15.5 Å². The maximum absolute atomic E-state index is 13.7. The number of carbonyl (C=O) groups excluding carboxylic acids is 2. The van der Waals surface area contributed by atoms with Gasteiger partial charge in [-0.2, -0.15) is 0 Å². The van der Waals surface area contributed by atoms with Gasteiger partial charge in [0.2, 0.25) is 5.91 Å². The molecule has 0 spiro atoms. The van der Waals surface area contributed by atoms with Crippen molar-refractivity contribution in [3.63, 3.8) is 0 Å². The number of nitrogens with one attached hydrogen (secondary N) is 2. The molecule has 2 N–H and O–H groups in total. The molecule has 0 unspecified atom stereocenters. The highest BCUT2D eigenvalue weighted by atomic mass is 16.6. The van der Waals surface area contributed by atoms with Gasteiger partial charge in [0.05, 0.1) is 14.2 Å². The Kier molecular flexibility index (Phi) is 9.05. The first-order chi connectivity index (χ1) is 16.2. The van der Waals surface area contributed by atoms with Crippen LogP contribution in [-0.2, 0) is 16.1 Å². The molecule has 2 fully saturated rings. The number of ether oxygens (including phenoxy) is 3. The number of hydrogen-bond donors (Lipinski definition) is 2. The number of piperidine rings is 1. The van der Waals surface area contributed by atoms with Crippen molar-refractivity contribution >= 4 is 12.0 Å². The molecule has 3 rings (SSSR count). The smallest absolute Gasteiger partial charge is 0.407 e. The molecule has 1 aromatic carbocycles. The van der Waals surface area contributed by atoms with E-state index < -0.39 is 17.7 Å². The number of rotatable bonds is 8. The Bertz CT molecular complexity index is 836. The minimum Gasteiger partial charge on any atom is -0.497 e. The summed E-state index contributed by atoms with van der Waals surface area (Å²) in [4.78, 5) is 28.1. The third-order valence-corrected chi connectivity index (χ3v) is 6.71. The molecule has 0 bridgehead atoms. The zero-order chi connectivity index (χ0) is 24.7. The first kappa shape index (κ1) is 26.1. The molecule has 1 saturated heterocycles. The molecule has 34 heavy (non-hydrogen) atoms. The molecule has 3 atom stereocenters. The van der Waals surface area contributed by atoms with Crippen LogP contribution in [0.3, 0.4) is 0 Å². The summed E-state index contributed by atoms with van der Waals surface area (Å²) in [5, 5.41) is 6.17. The van der Waals surface area contributed by atoms with E-state index >= 15 is 0 Å². The summed E-state index contributed by atoms with van der Waals surface area (Å²) in [6.45, 7) is 6.80. The number of alkyl carbamates (subject to hydrolysis) is 1. The number of likely N-dealkylation sites (tertiary alicyclic amines) is 1. The highest BCUT2D eigenvalue weighted by Gasteiger charge is 2.38. The molecule has 2 amide bonds. The molecule has 8 heteroatoms. The van der Waals surface area contributed by atoms with Gasteiger partial charge in [-0.15, -0.1) is 0 Å². The van der Waals surface area contributed by atoms with E-state index in [1.165, 1.54) is 25.7 Å². The summed E-state index contributed by atoms with van der Waals surface area (Å²) in [6, 6.07) is 5.35. The van der Waals surface area contributed by atoms with Gasteiger partial charge in [0, 0.05) is 37.3 Å². The van der Waals surface area contributed by atoms with Crippen molar-refractivity contribution in [1.29, 1.82) is 0 Å². The largest absolute Gasteiger partial charge is 0.497 e. The van der Waals surface area contributed by atoms with E-state index in [4.69, 9.17) is 14.2 Å². The van der Waals surface area contributed by atoms with E-state index in [1.807, 2.05) is 39.0 Å². The zero-order valence-electron chi connectivity index (χ0n) is 21.3. The van der Waals surface area contributed by atoms with Crippen LogP contribution >= 0.6 is 0 Å². The number of hydrogen-bond acceptors (Lipinski definition) is 6. The topological polar surface area (TPSA) is 89.1 Å². The van der Waals surface area contributed by atoms with Gasteiger partial charge in [-0.1, -0.05) is 18.9 Å². The maximum Gasteiger partial charge on any atom is 0.407 e. The molecule has 1 aliphatic carbocycles. The molecule has 1 aliphatic heterocycles. The van der Waals surface area contributed by atoms with E-state index in [0.717, 1.165) is 24.9 Å². The van der Waals surface area contributed by atoms with Gasteiger partial charge in [0.25, 0.3) is 0 Å². The number of fused-ring (bicyclic) bond motifs is 1. The third kappa shape index (κ3) is 7.01. The first-order valence-corrected chi connectivity index (χ1v) is 12.4. The summed E-state index contributed by atoms with van der Waals surface area (Å²) >= 11 is 0. The van der Waals surface area contributed by atoms with Crippen LogP contribution in [0.5, 0.6) is 11.5 Å². The monoisotopic (exact) mass is 475 g/mol. The van der Waals surface area contributed by atoms with Crippen molar-refractivity contribution in [3.8, 4) is 11.5 Å². The Hall–Kier alpha value is -2.48. The predicted octanol–water partition coefficient (Wildman–Crippen LogP) is 3.87. The number of methoxy groups -OCH3 is 2. The van der Waals surface area contributed by atoms with E-state index in [9.17, 15) is 9.59 Å². The average molecular weight is 476 g/mol. The summed E-state index contributed by atoms with van der Waals surface area (Å²) in [5.74, 6) is 2.02. The van der Waals surface area contributed by atoms with Gasteiger partial charge in [0.1, 0.15) is 23.1 Å². The van der Waals surface area contributed by atoms with Gasteiger partial charge in [-0.25, -0.2) is 4.79 Å². The number of amides is 2. The first-order valence-electron chi connectivity index (χ1n) is 12.4. The summed E-state index contributed by atoms with van der Waals surface area (Å²) in [5.41, 5.74) is 0.308. The van der Waals surface area contributed by atoms with Crippen molar-refractivity contribution in [2.45, 2.75) is 83.5 Å². The molecule has 1 aromatic rings. The quantitative estimate of drug-likeness (QED) is 0.593. The Morgan fingerprint density at radius 1 is 1.09 bits per heavy atom. The van der Waals surface area contributed by atoms with Gasteiger partial charge in [-0.3, -0.25) is 4.79 Å². The SMILES string of the molecule is COc1ccc(CN[C@H](CNC(=O)OC(C)(C)C)C(=O)N2CCC[C@H]3CCCC[C@@H]32)c(OC)c1. The summed E-state index contributed by atoms with van der Waals surface area (Å²) in [7, 11) is 3.22. The van der Waals surface area contributed by atoms with E-state index in [-0.39, 0.29) is 12.5 Å². The highest BCUT2D eigenvalue weighted by molar-refractivity contribution is 5.83. The minimum atomic E-state index is -0.602. The fraction of sp³-hybridized carbons (Fsp3) is 0.692. The lowest BCUT2D eigenvalue weighted by Crippen LogP contribution is -2.58. The lowest BCUT2D eigenvalue weighted by atomic mass is 9.78. The van der Waals surface area contributed by atoms with Crippen molar-refractivity contribution in [1.82, 2.24) is 15.5 Å². The van der Waals surface area contributed by atoms with Crippen LogP contribution in [0.2, 0.25) is 0 Å². The predicted molar refractivity (Wildman–Crippen MR) is 131 cm³/mol. The normalized spacial score (nSPS) is 21.3. The molecular weight excluding hydrogens is 434 g/mol. The maximum atomic E-state index is 13.7. The number of carbonyl (C=O) groups is 2. The second-order valence-electron chi connectivity index (χ2n) is 10.3. The average Bonchev–Trinajstić information content (AvgIpc) is 2.82. The number of benzene rings is 1. The molecule has 8 nitrogen and oxygen atoms in total. The Morgan fingerprint density at radius 3 is 2.53 bits per heavy atom. The lowest BCUT2D eigenvalue weighted by molar-refractivity contribution is -0.139. The van der Waals surface area contributed by atoms with Crippen LogP contribution in [0, 0.1) is 5.92 Å². The van der Waals surface area contributed by atoms with Crippen molar-refractivity contribution in [2.24, 2.45) is 5.92 Å². The molecular formula is C26H41N3O5. The van der Waals surface area contributed by atoms with Gasteiger partial charge < -0.3 is 29.7 Å². The zero-order valence-corrected chi connectivity index (χ0v) is 21.3. The molecule has 2 aliphatic rings. The lowest BCUT2D eigenvalue weighted by Gasteiger charge is -2.45. The van der Waals surface area contributed by atoms with Crippen LogP contribution in [0.15, 0.2) is 18.2 Å². The fourth-order valence-corrected chi connectivity index (χ4v) is 5.08. The third-order valence-electron chi connectivity index (χ3n) is 6.71. The minimum absolute atomic E-state index is 0.0418. The van der Waals surface area contributed by atoms with Gasteiger partial charge in [0.15, 0.2) is 0 Å². The second-order valence-corrected chi connectivity index (χ2v) is 10.3. The fourth-order valence-electron chi connectivity index (χ4n) is 5.08. The van der Waals surface area contributed by atoms with Gasteiger partial charge in [-0.05, 0) is 58.4 Å². The van der Waals surface area contributed by atoms with Crippen LogP contribution < -0.4 is 20.1 Å². The summed E-state index contributed by atoms with van der Waals surface area (Å²) < 4.78 is 16.2. The molecule has 190 valence electrons. The van der Waals surface area contributed by atoms with Crippen LogP contribution in [-0.4, -0.2) is 61.9 Å². The van der Waals surface area contributed by atoms with Crippen molar-refractivity contribution in [2.75, 3.05) is 27.3 Å². The molecule has 1 heterocycles. The van der Waals surface area contributed by atoms with Crippen molar-refractivity contribution < 1.29 is 23.8 Å². The Labute approximate surface area is 203 Å². The number of nitrogens with zero attached hydrogens (tertiary/aromatic N) is 1. The van der Waals surface area contributed by atoms with Crippen LogP contribution in [0.4, 0.5) is 4.79 Å². The van der Waals surface area contributed by atoms with Crippen molar-refractivity contribution in [3.05, 3.63) is 23.8 Å². The molecule has 0 radical (unpaired) electrons. The van der Waals surface area contributed by atoms with E-state index in [0.29, 0.717) is 30.0 Å². The molecule has 0 aromatic heterocycles. The Morgan fingerprint density at radius 2 is 1.82 bits per heavy atom. The Balaban J connectivity index is 1.73. The van der Waals surface area contributed by atoms with Gasteiger partial charge >= 0.3 is 6.09 Å². The second kappa shape index (κ2) is 11.8. The summed E-state index contributed by atoms with van der Waals surface area (Å²) in [6.07, 6.45) is 6.39. The standard InChI is InChI=1S/C26H41N3O5/c1-26(2,3)34-25(31)28-17-21(27-16-19-12-13-20(32-4)15-23(19)33-5)24(30)29-14-8-10-18-9-6-7-11-22(18)29/h12-13,15,18,21-22,27H,6-11,14,16-17H2,1-5H3,(H,28,31)/t18-,21-,22+/m1/s1. The van der Waals surface area contributed by atoms with E-state index in [1.54, 1.807) is 14.2 Å². The molecule has 1 saturated carbocycles. The van der Waals surface area contributed by atoms with Crippen LogP contribution in [0.1, 0.15) is 64.9 Å². The highest BCUT2D eigenvalue weighted by Crippen LogP contribution is 2.35.